The highest BCUT2D eigenvalue weighted by Crippen LogP contribution is 2.48. The van der Waals surface area contributed by atoms with Crippen LogP contribution in [-0.4, -0.2) is 58.3 Å². The Hall–Kier alpha value is -0.260. The molecule has 2 unspecified atom stereocenters. The van der Waals surface area contributed by atoms with E-state index in [1.807, 2.05) is 11.9 Å². The van der Waals surface area contributed by atoms with Crippen LogP contribution in [0.5, 0.6) is 0 Å². The summed E-state index contributed by atoms with van der Waals surface area (Å²) >= 11 is 1.64. The van der Waals surface area contributed by atoms with Crippen LogP contribution in [0.25, 0.3) is 0 Å². The third-order valence-electron chi connectivity index (χ3n) is 3.76. The Balaban J connectivity index is 2.29. The second kappa shape index (κ2) is 3.64. The van der Waals surface area contributed by atoms with Gasteiger partial charge in [0.2, 0.25) is 0 Å². The molecule has 0 amide bonds. The van der Waals surface area contributed by atoms with Gasteiger partial charge in [-0.3, -0.25) is 4.79 Å². The Morgan fingerprint density at radius 2 is 2.20 bits per heavy atom. The van der Waals surface area contributed by atoms with E-state index in [9.17, 15) is 15.0 Å². The molecule has 86 valence electrons. The van der Waals surface area contributed by atoms with Crippen LogP contribution < -0.4 is 0 Å². The molecule has 0 radical (unpaired) electrons. The number of β-amino-alcohol motifs (C(OH)–C–C–N with tert-alkyl or cyclic N) is 1. The largest absolute Gasteiger partial charge is 0.481 e. The summed E-state index contributed by atoms with van der Waals surface area (Å²) in [6.45, 7) is 1.27. The number of nitrogens with zero attached hydrogens (tertiary/aromatic N) is 1. The number of aliphatic carboxylic acids is 1. The molecule has 2 heterocycles. The minimum Gasteiger partial charge on any atom is -0.481 e. The summed E-state index contributed by atoms with van der Waals surface area (Å²) in [7, 11) is 1.93. The monoisotopic (exact) mass is 231 g/mol. The zero-order chi connectivity index (χ0) is 11.1. The fourth-order valence-corrected chi connectivity index (χ4v) is 4.19. The van der Waals surface area contributed by atoms with Gasteiger partial charge in [-0.1, -0.05) is 0 Å². The highest BCUT2D eigenvalue weighted by Gasteiger charge is 2.59. The lowest BCUT2D eigenvalue weighted by Crippen LogP contribution is -2.55. The van der Waals surface area contributed by atoms with Gasteiger partial charge in [0.1, 0.15) is 5.41 Å². The summed E-state index contributed by atoms with van der Waals surface area (Å²) in [5.41, 5.74) is -1.94. The van der Waals surface area contributed by atoms with Crippen LogP contribution >= 0.6 is 11.8 Å². The fourth-order valence-electron chi connectivity index (χ4n) is 2.67. The molecule has 0 aliphatic carbocycles. The Morgan fingerprint density at radius 3 is 2.60 bits per heavy atom. The van der Waals surface area contributed by atoms with Gasteiger partial charge in [0.15, 0.2) is 0 Å². The molecular formula is C10H17NO3S. The van der Waals surface area contributed by atoms with Crippen molar-refractivity contribution < 1.29 is 15.0 Å². The summed E-state index contributed by atoms with van der Waals surface area (Å²) in [6, 6.07) is 0. The third kappa shape index (κ3) is 1.57. The zero-order valence-corrected chi connectivity index (χ0v) is 9.72. The van der Waals surface area contributed by atoms with Crippen LogP contribution in [-0.2, 0) is 4.79 Å². The summed E-state index contributed by atoms with van der Waals surface area (Å²) in [6.07, 6.45) is 1.17. The number of carbonyl (C=O) groups is 1. The molecule has 5 heteroatoms. The van der Waals surface area contributed by atoms with Crippen molar-refractivity contribution in [3.8, 4) is 0 Å². The Labute approximate surface area is 93.6 Å². The first kappa shape index (κ1) is 11.2. The van der Waals surface area contributed by atoms with Gasteiger partial charge in [-0.25, -0.2) is 0 Å². The number of hydrogen-bond donors (Lipinski definition) is 2. The predicted octanol–water partition coefficient (Wildman–Crippen LogP) is 0.261. The first-order valence-electron chi connectivity index (χ1n) is 5.22. The van der Waals surface area contributed by atoms with Crippen molar-refractivity contribution in [3.05, 3.63) is 0 Å². The van der Waals surface area contributed by atoms with Crippen LogP contribution in [0, 0.1) is 5.41 Å². The molecule has 2 fully saturated rings. The number of carboxylic acids is 1. The van der Waals surface area contributed by atoms with E-state index >= 15 is 0 Å². The molecule has 2 aliphatic rings. The second-order valence-electron chi connectivity index (χ2n) is 4.71. The molecule has 2 saturated heterocycles. The van der Waals surface area contributed by atoms with Crippen molar-refractivity contribution in [2.45, 2.75) is 18.4 Å². The number of carboxylic acid groups (broad SMARTS) is 1. The molecule has 2 atom stereocenters. The Bertz CT molecular complexity index is 278. The van der Waals surface area contributed by atoms with E-state index in [-0.39, 0.29) is 0 Å². The molecule has 0 saturated carbocycles. The highest BCUT2D eigenvalue weighted by molar-refractivity contribution is 7.99. The topological polar surface area (TPSA) is 60.8 Å². The van der Waals surface area contributed by atoms with Crippen molar-refractivity contribution >= 4 is 17.7 Å². The van der Waals surface area contributed by atoms with Crippen LogP contribution in [0.4, 0.5) is 0 Å². The van der Waals surface area contributed by atoms with Gasteiger partial charge in [-0.2, -0.15) is 11.8 Å². The minimum atomic E-state index is -1.03. The second-order valence-corrected chi connectivity index (χ2v) is 5.81. The van der Waals surface area contributed by atoms with E-state index in [0.717, 1.165) is 12.3 Å². The van der Waals surface area contributed by atoms with Gasteiger partial charge in [-0.05, 0) is 25.6 Å². The van der Waals surface area contributed by atoms with E-state index in [4.69, 9.17) is 0 Å². The quantitative estimate of drug-likeness (QED) is 0.714. The normalized spacial score (nSPS) is 42.3. The van der Waals surface area contributed by atoms with Crippen molar-refractivity contribution in [2.24, 2.45) is 5.41 Å². The number of rotatable bonds is 2. The molecule has 15 heavy (non-hydrogen) atoms. The van der Waals surface area contributed by atoms with Crippen molar-refractivity contribution in [1.82, 2.24) is 4.90 Å². The van der Waals surface area contributed by atoms with E-state index in [1.165, 1.54) is 0 Å². The molecule has 2 N–H and O–H groups in total. The van der Waals surface area contributed by atoms with Crippen molar-refractivity contribution in [1.29, 1.82) is 0 Å². The molecule has 0 aromatic carbocycles. The summed E-state index contributed by atoms with van der Waals surface area (Å²) < 4.78 is 0. The summed E-state index contributed by atoms with van der Waals surface area (Å²) in [5.74, 6) is 0.565. The first-order valence-corrected chi connectivity index (χ1v) is 6.38. The maximum Gasteiger partial charge on any atom is 0.313 e. The molecule has 0 aromatic heterocycles. The maximum atomic E-state index is 11.4. The Morgan fingerprint density at radius 1 is 1.47 bits per heavy atom. The van der Waals surface area contributed by atoms with Crippen molar-refractivity contribution in [3.63, 3.8) is 0 Å². The average molecular weight is 231 g/mol. The van der Waals surface area contributed by atoms with Crippen LogP contribution in [0.15, 0.2) is 0 Å². The Kier molecular flexibility index (Phi) is 2.73. The smallest absolute Gasteiger partial charge is 0.313 e. The molecule has 2 rings (SSSR count). The first-order chi connectivity index (χ1) is 7.00. The molecule has 4 nitrogen and oxygen atoms in total. The molecule has 2 aliphatic heterocycles. The standard InChI is InChI=1S/C10H17NO3S/c1-11-4-2-10(14,6-11)9(8(12)13)3-5-15-7-9/h14H,2-7H2,1H3,(H,12,13). The summed E-state index contributed by atoms with van der Waals surface area (Å²) in [5, 5.41) is 19.9. The van der Waals surface area contributed by atoms with E-state index in [2.05, 4.69) is 0 Å². The van der Waals surface area contributed by atoms with Crippen molar-refractivity contribution in [2.75, 3.05) is 31.6 Å². The van der Waals surface area contributed by atoms with Crippen LogP contribution in [0.1, 0.15) is 12.8 Å². The lowest BCUT2D eigenvalue weighted by Gasteiger charge is -2.38. The number of likely N-dealkylation sites (N-methyl/N-ethyl adjacent to an activating group) is 1. The van der Waals surface area contributed by atoms with E-state index in [0.29, 0.717) is 25.1 Å². The summed E-state index contributed by atoms with van der Waals surface area (Å²) in [4.78, 5) is 13.4. The van der Waals surface area contributed by atoms with E-state index in [1.54, 1.807) is 11.8 Å². The lowest BCUT2D eigenvalue weighted by atomic mass is 9.70. The van der Waals surface area contributed by atoms with Gasteiger partial charge in [-0.15, -0.1) is 0 Å². The van der Waals surface area contributed by atoms with E-state index < -0.39 is 17.0 Å². The molecular weight excluding hydrogens is 214 g/mol. The van der Waals surface area contributed by atoms with Gasteiger partial charge in [0.05, 0.1) is 5.60 Å². The molecule has 0 aromatic rings. The molecule has 0 bridgehead atoms. The number of hydrogen-bond acceptors (Lipinski definition) is 4. The van der Waals surface area contributed by atoms with Crippen LogP contribution in [0.3, 0.4) is 0 Å². The highest BCUT2D eigenvalue weighted by atomic mass is 32.2. The zero-order valence-electron chi connectivity index (χ0n) is 8.90. The van der Waals surface area contributed by atoms with Crippen LogP contribution in [0.2, 0.25) is 0 Å². The average Bonchev–Trinajstić information content (AvgIpc) is 2.74. The predicted molar refractivity (Wildman–Crippen MR) is 59.1 cm³/mol. The van der Waals surface area contributed by atoms with Gasteiger partial charge in [0.25, 0.3) is 0 Å². The number of aliphatic hydroxyl groups is 1. The third-order valence-corrected chi connectivity index (χ3v) is 4.95. The van der Waals surface area contributed by atoms with Gasteiger partial charge < -0.3 is 15.1 Å². The van der Waals surface area contributed by atoms with Gasteiger partial charge in [0, 0.05) is 18.8 Å². The van der Waals surface area contributed by atoms with Gasteiger partial charge >= 0.3 is 5.97 Å². The minimum absolute atomic E-state index is 0.486. The maximum absolute atomic E-state index is 11.4. The lowest BCUT2D eigenvalue weighted by molar-refractivity contribution is -0.164. The molecule has 0 spiro atoms. The SMILES string of the molecule is CN1CCC(O)(C2(C(=O)O)CCSC2)C1. The number of thioether (sulfide) groups is 1. The number of likely N-dealkylation sites (tertiary alicyclic amines) is 1. The fraction of sp³-hybridized carbons (Fsp3) is 0.900.